The standard InChI is InChI=1S/C37H48N2O12/c1-15-11-10-12-16(2)36(47)39-27-26(38)31(44)23-24(32(27)45)30(43)20(6)34-25(23)35(46)37(8,51-34)49-14-13-22(48-9)17(3)33(50-21(7)40)19(5)29(42)18(4)28(15)41/h10-15,17-19,22,28-29,33,41-45H,38H2,1-9H3,(H,39,47)/b11-10+,14-13+,16-12-. The van der Waals surface area contributed by atoms with Gasteiger partial charge in [-0.15, -0.1) is 0 Å². The van der Waals surface area contributed by atoms with Crippen molar-refractivity contribution in [3.63, 3.8) is 0 Å². The number of hydrogen-bond donors (Lipinski definition) is 7. The minimum Gasteiger partial charge on any atom is -0.507 e. The fourth-order valence-electron chi connectivity index (χ4n) is 6.75. The lowest BCUT2D eigenvalue weighted by Crippen LogP contribution is -2.46. The van der Waals surface area contributed by atoms with Crippen LogP contribution in [0.4, 0.5) is 11.4 Å². The molecule has 51 heavy (non-hydrogen) atoms. The molecule has 2 aromatic carbocycles. The highest BCUT2D eigenvalue weighted by Gasteiger charge is 2.50. The number of phenols is 3. The molecule has 0 aliphatic carbocycles. The Bertz CT molecular complexity index is 1820. The van der Waals surface area contributed by atoms with Gasteiger partial charge in [0.2, 0.25) is 0 Å². The van der Waals surface area contributed by atoms with Gasteiger partial charge in [-0.25, -0.2) is 0 Å². The molecule has 3 aliphatic heterocycles. The van der Waals surface area contributed by atoms with E-state index >= 15 is 0 Å². The Morgan fingerprint density at radius 3 is 2.20 bits per heavy atom. The molecule has 0 saturated carbocycles. The molecule has 14 nitrogen and oxygen atoms in total. The van der Waals surface area contributed by atoms with E-state index in [1.807, 2.05) is 0 Å². The summed E-state index contributed by atoms with van der Waals surface area (Å²) in [7, 11) is 1.42. The molecule has 8 N–H and O–H groups in total. The number of ketones is 1. The van der Waals surface area contributed by atoms with Gasteiger partial charge in [0, 0.05) is 61.2 Å². The summed E-state index contributed by atoms with van der Waals surface area (Å²) >= 11 is 0. The van der Waals surface area contributed by atoms with Gasteiger partial charge in [-0.2, -0.15) is 0 Å². The van der Waals surface area contributed by atoms with Crippen LogP contribution >= 0.6 is 0 Å². The highest BCUT2D eigenvalue weighted by molar-refractivity contribution is 6.23. The average molecular weight is 713 g/mol. The van der Waals surface area contributed by atoms with Crippen LogP contribution in [0.15, 0.2) is 36.1 Å². The van der Waals surface area contributed by atoms with Crippen molar-refractivity contribution in [1.29, 1.82) is 0 Å². The van der Waals surface area contributed by atoms with E-state index in [-0.39, 0.29) is 33.2 Å². The number of esters is 1. The van der Waals surface area contributed by atoms with E-state index in [4.69, 9.17) is 24.7 Å². The first-order chi connectivity index (χ1) is 23.8. The normalized spacial score (nSPS) is 32.8. The summed E-state index contributed by atoms with van der Waals surface area (Å²) in [5.74, 6) is -8.62. The molecule has 278 valence electrons. The minimum atomic E-state index is -2.03. The molecule has 0 aromatic heterocycles. The van der Waals surface area contributed by atoms with Gasteiger partial charge in [0.15, 0.2) is 5.75 Å². The van der Waals surface area contributed by atoms with E-state index in [2.05, 4.69) is 5.32 Å². The second-order valence-corrected chi connectivity index (χ2v) is 13.6. The molecule has 0 saturated heterocycles. The number of hydrogen-bond acceptors (Lipinski definition) is 13. The largest absolute Gasteiger partial charge is 0.507 e. The number of phenolic OH excluding ortho intramolecular Hbond substituents is 3. The van der Waals surface area contributed by atoms with E-state index in [1.165, 1.54) is 53.2 Å². The van der Waals surface area contributed by atoms with Crippen LogP contribution in [0.5, 0.6) is 23.0 Å². The first kappa shape index (κ1) is 39.0. The molecule has 9 atom stereocenters. The van der Waals surface area contributed by atoms with Crippen LogP contribution in [0, 0.1) is 30.6 Å². The number of rotatable bonds is 2. The molecular formula is C37H48N2O12. The molecule has 5 rings (SSSR count). The van der Waals surface area contributed by atoms with Crippen LogP contribution in [-0.4, -0.2) is 80.5 Å². The first-order valence-corrected chi connectivity index (χ1v) is 16.6. The van der Waals surface area contributed by atoms with Crippen molar-refractivity contribution in [3.05, 3.63) is 47.3 Å². The molecule has 0 fully saturated rings. The number of nitrogen functional groups attached to an aromatic ring is 1. The number of aliphatic hydroxyl groups excluding tert-OH is 2. The van der Waals surface area contributed by atoms with Crippen LogP contribution in [0.2, 0.25) is 0 Å². The van der Waals surface area contributed by atoms with Crippen molar-refractivity contribution >= 4 is 39.8 Å². The zero-order valence-corrected chi connectivity index (χ0v) is 30.2. The third-order valence-corrected chi connectivity index (χ3v) is 10.0. The predicted molar refractivity (Wildman–Crippen MR) is 188 cm³/mol. The number of amides is 1. The van der Waals surface area contributed by atoms with Crippen LogP contribution in [0.1, 0.15) is 64.4 Å². The number of fused-ring (bicyclic) bond motifs is 14. The third-order valence-electron chi connectivity index (χ3n) is 10.0. The van der Waals surface area contributed by atoms with E-state index in [0.29, 0.717) is 0 Å². The average Bonchev–Trinajstić information content (AvgIpc) is 3.35. The summed E-state index contributed by atoms with van der Waals surface area (Å²) in [6, 6.07) is 0. The van der Waals surface area contributed by atoms with Gasteiger partial charge in [0.1, 0.15) is 34.7 Å². The maximum Gasteiger partial charge on any atom is 0.312 e. The quantitative estimate of drug-likeness (QED) is 0.0997. The van der Waals surface area contributed by atoms with Crippen molar-refractivity contribution in [2.45, 2.75) is 85.6 Å². The number of nitrogens with two attached hydrogens (primary N) is 1. The monoisotopic (exact) mass is 712 g/mol. The fourth-order valence-corrected chi connectivity index (χ4v) is 6.75. The number of nitrogens with one attached hydrogen (secondary N) is 1. The first-order valence-electron chi connectivity index (χ1n) is 16.6. The molecule has 1 amide bonds. The van der Waals surface area contributed by atoms with Crippen molar-refractivity contribution in [2.24, 2.45) is 23.7 Å². The maximum absolute atomic E-state index is 14.0. The molecule has 9 unspecified atom stereocenters. The number of ether oxygens (including phenoxy) is 4. The van der Waals surface area contributed by atoms with Crippen LogP contribution in [0.3, 0.4) is 0 Å². The summed E-state index contributed by atoms with van der Waals surface area (Å²) in [6.45, 7) is 12.3. The molecular weight excluding hydrogens is 664 g/mol. The lowest BCUT2D eigenvalue weighted by atomic mass is 9.78. The smallest absolute Gasteiger partial charge is 0.312 e. The van der Waals surface area contributed by atoms with Crippen molar-refractivity contribution in [3.8, 4) is 23.0 Å². The summed E-state index contributed by atoms with van der Waals surface area (Å²) in [4.78, 5) is 39.4. The van der Waals surface area contributed by atoms with Crippen LogP contribution in [-0.2, 0) is 23.8 Å². The molecule has 3 aliphatic rings. The van der Waals surface area contributed by atoms with E-state index in [1.54, 1.807) is 39.8 Å². The molecule has 5 bridgehead atoms. The van der Waals surface area contributed by atoms with Crippen molar-refractivity contribution in [2.75, 3.05) is 18.2 Å². The van der Waals surface area contributed by atoms with Crippen LogP contribution in [0.25, 0.3) is 10.8 Å². The Morgan fingerprint density at radius 1 is 0.941 bits per heavy atom. The van der Waals surface area contributed by atoms with Crippen molar-refractivity contribution < 1.29 is 58.9 Å². The Morgan fingerprint density at radius 2 is 1.59 bits per heavy atom. The minimum absolute atomic E-state index is 0.0383. The summed E-state index contributed by atoms with van der Waals surface area (Å²) < 4.78 is 23.2. The molecule has 2 aromatic rings. The molecule has 0 radical (unpaired) electrons. The Kier molecular flexibility index (Phi) is 11.3. The number of aliphatic hydroxyl groups is 2. The molecule has 14 heteroatoms. The number of allylic oxidation sites excluding steroid dienone is 2. The number of aromatic hydroxyl groups is 3. The lowest BCUT2D eigenvalue weighted by Gasteiger charge is -2.38. The topological polar surface area (TPSA) is 227 Å². The third kappa shape index (κ3) is 7.08. The van der Waals surface area contributed by atoms with Gasteiger partial charge < -0.3 is 55.5 Å². The number of carbonyl (C=O) groups excluding carboxylic acids is 3. The Labute approximate surface area is 296 Å². The highest BCUT2D eigenvalue weighted by Crippen LogP contribution is 2.56. The Hall–Kier alpha value is -4.79. The van der Waals surface area contributed by atoms with Gasteiger partial charge >= 0.3 is 11.8 Å². The number of carbonyl (C=O) groups is 3. The number of Topliss-reactive ketones (excluding diaryl/α,β-unsaturated/α-hetero) is 1. The zero-order valence-electron chi connectivity index (χ0n) is 30.2. The summed E-state index contributed by atoms with van der Waals surface area (Å²) in [5, 5.41) is 58.3. The SMILES string of the molecule is COC1/C=C/OC2(C)Oc3c(C)c(O)c4c(O)c(c(N)c(O)c4c3C2=O)NC(=O)/C(C)=C\C=C\C(C)C(O)C(C)C(O)C(C)C(OC(C)=O)C1C. The predicted octanol–water partition coefficient (Wildman–Crippen LogP) is 4.34. The van der Waals surface area contributed by atoms with E-state index < -0.39 is 100 Å². The van der Waals surface area contributed by atoms with E-state index in [9.17, 15) is 39.9 Å². The van der Waals surface area contributed by atoms with Crippen molar-refractivity contribution in [1.82, 2.24) is 0 Å². The molecule has 0 spiro atoms. The zero-order chi connectivity index (χ0) is 38.3. The van der Waals surface area contributed by atoms with Gasteiger partial charge in [0.25, 0.3) is 11.7 Å². The van der Waals surface area contributed by atoms with Gasteiger partial charge in [0.05, 0.1) is 35.5 Å². The number of benzene rings is 2. The second kappa shape index (κ2) is 14.8. The van der Waals surface area contributed by atoms with Gasteiger partial charge in [-0.1, -0.05) is 45.9 Å². The lowest BCUT2D eigenvalue weighted by molar-refractivity contribution is -0.160. The Balaban J connectivity index is 1.90. The number of methoxy groups -OCH3 is 1. The fraction of sp³-hybridized carbons (Fsp3) is 0.486. The van der Waals surface area contributed by atoms with Gasteiger partial charge in [-0.05, 0) is 19.9 Å². The highest BCUT2D eigenvalue weighted by atomic mass is 16.7. The summed E-state index contributed by atoms with van der Waals surface area (Å²) in [6.07, 6.45) is 3.44. The summed E-state index contributed by atoms with van der Waals surface area (Å²) in [5.41, 5.74) is 5.30. The number of anilines is 2. The van der Waals surface area contributed by atoms with E-state index in [0.717, 1.165) is 0 Å². The maximum atomic E-state index is 14.0. The second-order valence-electron chi connectivity index (χ2n) is 13.6. The molecule has 3 heterocycles. The van der Waals surface area contributed by atoms with Crippen LogP contribution < -0.4 is 15.8 Å². The van der Waals surface area contributed by atoms with Gasteiger partial charge in [-0.3, -0.25) is 14.4 Å².